The molecule has 3 nitrogen and oxygen atoms in total. The molecule has 1 N–H and O–H groups in total. The van der Waals surface area contributed by atoms with Crippen molar-refractivity contribution in [3.8, 4) is 0 Å². The minimum absolute atomic E-state index is 0.0319. The van der Waals surface area contributed by atoms with Crippen molar-refractivity contribution in [3.05, 3.63) is 22.4 Å². The molecule has 1 saturated heterocycles. The fourth-order valence-electron chi connectivity index (χ4n) is 2.17. The lowest BCUT2D eigenvalue weighted by atomic mass is 10.2. The van der Waals surface area contributed by atoms with Gasteiger partial charge in [0.05, 0.1) is 6.04 Å². The third kappa shape index (κ3) is 1.48. The van der Waals surface area contributed by atoms with Crippen molar-refractivity contribution in [3.63, 3.8) is 0 Å². The van der Waals surface area contributed by atoms with Crippen LogP contribution in [0.25, 0.3) is 0 Å². The zero-order chi connectivity index (χ0) is 10.4. The zero-order valence-electron chi connectivity index (χ0n) is 8.64. The number of nitrogens with one attached hydrogen (secondary N) is 1. The zero-order valence-corrected chi connectivity index (χ0v) is 9.46. The van der Waals surface area contributed by atoms with Crippen LogP contribution in [0.4, 0.5) is 0 Å². The van der Waals surface area contributed by atoms with Gasteiger partial charge in [-0.25, -0.2) is 0 Å². The fraction of sp³-hybridized carbons (Fsp3) is 0.545. The minimum Gasteiger partial charge on any atom is -0.319 e. The summed E-state index contributed by atoms with van der Waals surface area (Å²) in [6.07, 6.45) is 2.45. The molecule has 15 heavy (non-hydrogen) atoms. The Hall–Kier alpha value is -0.870. The van der Waals surface area contributed by atoms with Gasteiger partial charge in [-0.15, -0.1) is 0 Å². The maximum absolute atomic E-state index is 12.0. The van der Waals surface area contributed by atoms with Gasteiger partial charge in [0, 0.05) is 6.04 Å². The van der Waals surface area contributed by atoms with E-state index in [4.69, 9.17) is 0 Å². The third-order valence-electron chi connectivity index (χ3n) is 3.11. The summed E-state index contributed by atoms with van der Waals surface area (Å²) >= 11 is 1.69. The molecule has 2 unspecified atom stereocenters. The van der Waals surface area contributed by atoms with Gasteiger partial charge in [0.25, 0.3) is 0 Å². The molecule has 0 aromatic carbocycles. The lowest BCUT2D eigenvalue weighted by molar-refractivity contribution is -0.130. The quantitative estimate of drug-likeness (QED) is 0.826. The van der Waals surface area contributed by atoms with Crippen LogP contribution in [0.2, 0.25) is 0 Å². The monoisotopic (exact) mass is 222 g/mol. The first-order valence-electron chi connectivity index (χ1n) is 5.37. The first-order chi connectivity index (χ1) is 7.27. The number of nitrogens with zero attached hydrogens (tertiary/aromatic N) is 1. The van der Waals surface area contributed by atoms with Crippen LogP contribution < -0.4 is 5.32 Å². The predicted octanol–water partition coefficient (Wildman–Crippen LogP) is 1.73. The smallest absolute Gasteiger partial charge is 0.241 e. The van der Waals surface area contributed by atoms with Gasteiger partial charge in [0.15, 0.2) is 0 Å². The average molecular weight is 222 g/mol. The van der Waals surface area contributed by atoms with Crippen molar-refractivity contribution in [1.82, 2.24) is 10.2 Å². The number of amides is 1. The summed E-state index contributed by atoms with van der Waals surface area (Å²) < 4.78 is 0. The molecule has 2 atom stereocenters. The maximum Gasteiger partial charge on any atom is 0.241 e. The van der Waals surface area contributed by atoms with Crippen LogP contribution in [0.15, 0.2) is 16.8 Å². The summed E-state index contributed by atoms with van der Waals surface area (Å²) in [4.78, 5) is 14.0. The van der Waals surface area contributed by atoms with Gasteiger partial charge in [-0.05, 0) is 42.2 Å². The Balaban J connectivity index is 1.91. The normalized spacial score (nSPS) is 31.3. The van der Waals surface area contributed by atoms with E-state index in [0.717, 1.165) is 0 Å². The van der Waals surface area contributed by atoms with E-state index in [9.17, 15) is 4.79 Å². The molecule has 4 heteroatoms. The Morgan fingerprint density at radius 2 is 2.33 bits per heavy atom. The Labute approximate surface area is 93.1 Å². The van der Waals surface area contributed by atoms with Crippen molar-refractivity contribution in [2.75, 3.05) is 0 Å². The van der Waals surface area contributed by atoms with Crippen LogP contribution in [-0.4, -0.2) is 22.9 Å². The highest BCUT2D eigenvalue weighted by Gasteiger charge is 2.44. The summed E-state index contributed by atoms with van der Waals surface area (Å²) in [7, 11) is 0. The highest BCUT2D eigenvalue weighted by molar-refractivity contribution is 7.07. The summed E-state index contributed by atoms with van der Waals surface area (Å²) in [5, 5.41) is 7.55. The second kappa shape index (κ2) is 3.32. The molecule has 3 rings (SSSR count). The average Bonchev–Trinajstić information content (AvgIpc) is 2.82. The molecule has 1 saturated carbocycles. The van der Waals surface area contributed by atoms with Gasteiger partial charge >= 0.3 is 0 Å². The molecular weight excluding hydrogens is 208 g/mol. The van der Waals surface area contributed by atoms with E-state index in [1.807, 2.05) is 11.8 Å². The number of rotatable bonds is 2. The molecule has 0 radical (unpaired) electrons. The molecule has 1 amide bonds. The third-order valence-corrected chi connectivity index (χ3v) is 3.81. The van der Waals surface area contributed by atoms with Crippen LogP contribution in [0.3, 0.4) is 0 Å². The Bertz CT molecular complexity index is 372. The standard InChI is InChI=1S/C11H14N2OS/c1-7-11(14)13(9-2-3-9)10(12-7)8-4-5-15-6-8/h4-7,9-10,12H,2-3H2,1H3. The van der Waals surface area contributed by atoms with E-state index >= 15 is 0 Å². The number of thiophene rings is 1. The van der Waals surface area contributed by atoms with Crippen molar-refractivity contribution < 1.29 is 4.79 Å². The Morgan fingerprint density at radius 3 is 2.93 bits per heavy atom. The van der Waals surface area contributed by atoms with Gasteiger partial charge in [0.2, 0.25) is 5.91 Å². The van der Waals surface area contributed by atoms with Crippen molar-refractivity contribution in [2.45, 2.75) is 38.0 Å². The van der Waals surface area contributed by atoms with E-state index in [1.54, 1.807) is 11.3 Å². The number of carbonyl (C=O) groups excluding carboxylic acids is 1. The number of hydrogen-bond acceptors (Lipinski definition) is 3. The van der Waals surface area contributed by atoms with E-state index < -0.39 is 0 Å². The van der Waals surface area contributed by atoms with Crippen LogP contribution >= 0.6 is 11.3 Å². The highest BCUT2D eigenvalue weighted by atomic mass is 32.1. The molecule has 80 valence electrons. The Morgan fingerprint density at radius 1 is 1.53 bits per heavy atom. The first-order valence-corrected chi connectivity index (χ1v) is 6.32. The Kier molecular flexibility index (Phi) is 2.07. The van der Waals surface area contributed by atoms with E-state index in [2.05, 4.69) is 22.1 Å². The first kappa shape index (κ1) is 9.36. The fourth-order valence-corrected chi connectivity index (χ4v) is 2.85. The van der Waals surface area contributed by atoms with Crippen molar-refractivity contribution >= 4 is 17.2 Å². The molecule has 1 aliphatic heterocycles. The van der Waals surface area contributed by atoms with Gasteiger partial charge in [0.1, 0.15) is 6.17 Å². The molecule has 2 heterocycles. The lowest BCUT2D eigenvalue weighted by Gasteiger charge is -2.23. The van der Waals surface area contributed by atoms with Crippen LogP contribution in [0.1, 0.15) is 31.5 Å². The van der Waals surface area contributed by atoms with Crippen LogP contribution in [0.5, 0.6) is 0 Å². The molecule has 1 aromatic heterocycles. The molecule has 2 fully saturated rings. The summed E-state index contributed by atoms with van der Waals surface area (Å²) in [5.74, 6) is 0.258. The van der Waals surface area contributed by atoms with E-state index in [0.29, 0.717) is 6.04 Å². The second-order valence-corrected chi connectivity index (χ2v) is 5.10. The van der Waals surface area contributed by atoms with E-state index in [-0.39, 0.29) is 18.1 Å². The lowest BCUT2D eigenvalue weighted by Crippen LogP contribution is -2.32. The number of hydrogen-bond donors (Lipinski definition) is 1. The molecular formula is C11H14N2OS. The SMILES string of the molecule is CC1NC(c2ccsc2)N(C2CC2)C1=O. The molecule has 2 aliphatic rings. The second-order valence-electron chi connectivity index (χ2n) is 4.32. The minimum atomic E-state index is -0.0319. The van der Waals surface area contributed by atoms with Crippen molar-refractivity contribution in [1.29, 1.82) is 0 Å². The van der Waals surface area contributed by atoms with Crippen LogP contribution in [0, 0.1) is 0 Å². The number of carbonyl (C=O) groups is 1. The summed E-state index contributed by atoms with van der Waals surface area (Å²) in [5.41, 5.74) is 1.23. The molecule has 0 bridgehead atoms. The molecule has 0 spiro atoms. The molecule has 1 aromatic rings. The van der Waals surface area contributed by atoms with Gasteiger partial charge in [-0.1, -0.05) is 0 Å². The van der Waals surface area contributed by atoms with Crippen LogP contribution in [-0.2, 0) is 4.79 Å². The van der Waals surface area contributed by atoms with Crippen molar-refractivity contribution in [2.24, 2.45) is 0 Å². The summed E-state index contributed by atoms with van der Waals surface area (Å²) in [6.45, 7) is 1.95. The predicted molar refractivity (Wildman–Crippen MR) is 59.5 cm³/mol. The van der Waals surface area contributed by atoms with Gasteiger partial charge in [-0.3, -0.25) is 10.1 Å². The summed E-state index contributed by atoms with van der Waals surface area (Å²) in [6, 6.07) is 2.55. The van der Waals surface area contributed by atoms with Gasteiger partial charge in [-0.2, -0.15) is 11.3 Å². The molecule has 1 aliphatic carbocycles. The van der Waals surface area contributed by atoms with Gasteiger partial charge < -0.3 is 4.90 Å². The topological polar surface area (TPSA) is 32.3 Å². The van der Waals surface area contributed by atoms with E-state index in [1.165, 1.54) is 18.4 Å². The largest absolute Gasteiger partial charge is 0.319 e. The maximum atomic E-state index is 12.0. The highest BCUT2D eigenvalue weighted by Crippen LogP contribution is 2.37.